The van der Waals surface area contributed by atoms with E-state index in [0.717, 1.165) is 0 Å². The van der Waals surface area contributed by atoms with Crippen molar-refractivity contribution in [1.82, 2.24) is 9.55 Å². The van der Waals surface area contributed by atoms with E-state index in [1.165, 1.54) is 6.20 Å². The van der Waals surface area contributed by atoms with Gasteiger partial charge in [0.25, 0.3) is 0 Å². The first kappa shape index (κ1) is 11.4. The van der Waals surface area contributed by atoms with Crippen LogP contribution in [-0.4, -0.2) is 20.6 Å². The number of rotatable bonds is 1. The van der Waals surface area contributed by atoms with Gasteiger partial charge in [0.2, 0.25) is 0 Å². The van der Waals surface area contributed by atoms with Crippen molar-refractivity contribution in [3.05, 3.63) is 24.0 Å². The van der Waals surface area contributed by atoms with Crippen LogP contribution >= 0.6 is 0 Å². The van der Waals surface area contributed by atoms with E-state index in [0.29, 0.717) is 16.7 Å². The molecule has 0 atom stereocenters. The van der Waals surface area contributed by atoms with Gasteiger partial charge in [0.1, 0.15) is 5.65 Å². The normalized spacial score (nSPS) is 11.9. The third kappa shape index (κ3) is 1.84. The molecule has 0 saturated heterocycles. The Morgan fingerprint density at radius 1 is 1.47 bits per heavy atom. The maximum absolute atomic E-state index is 11.2. The lowest BCUT2D eigenvalue weighted by Crippen LogP contribution is -2.21. The number of carboxylic acid groups (broad SMARTS) is 1. The van der Waals surface area contributed by atoms with Gasteiger partial charge in [-0.1, -0.05) is 0 Å². The Labute approximate surface area is 98.9 Å². The maximum atomic E-state index is 11.2. The summed E-state index contributed by atoms with van der Waals surface area (Å²) in [6.07, 6.45) is 3.15. The van der Waals surface area contributed by atoms with Crippen LogP contribution in [0, 0.1) is 0 Å². The second-order valence-corrected chi connectivity index (χ2v) is 5.03. The summed E-state index contributed by atoms with van der Waals surface area (Å²) in [5.41, 5.74) is 6.76. The molecule has 0 aliphatic heterocycles. The number of nitrogens with two attached hydrogens (primary N) is 1. The Hall–Kier alpha value is -2.04. The van der Waals surface area contributed by atoms with Crippen molar-refractivity contribution in [3.8, 4) is 0 Å². The van der Waals surface area contributed by atoms with Crippen molar-refractivity contribution in [3.63, 3.8) is 0 Å². The third-order valence-corrected chi connectivity index (χ3v) is 2.62. The van der Waals surface area contributed by atoms with E-state index in [1.54, 1.807) is 12.3 Å². The Balaban J connectivity index is 2.85. The van der Waals surface area contributed by atoms with Gasteiger partial charge in [-0.05, 0) is 26.8 Å². The molecule has 0 spiro atoms. The molecule has 5 nitrogen and oxygen atoms in total. The lowest BCUT2D eigenvalue weighted by molar-refractivity contribution is 0.0698. The Morgan fingerprint density at radius 3 is 2.65 bits per heavy atom. The van der Waals surface area contributed by atoms with Gasteiger partial charge in [-0.2, -0.15) is 0 Å². The van der Waals surface area contributed by atoms with Crippen LogP contribution in [0.5, 0.6) is 0 Å². The number of nitrogens with zero attached hydrogens (tertiary/aromatic N) is 2. The molecule has 0 radical (unpaired) electrons. The highest BCUT2D eigenvalue weighted by Crippen LogP contribution is 2.27. The van der Waals surface area contributed by atoms with Gasteiger partial charge in [-0.3, -0.25) is 0 Å². The number of pyridine rings is 1. The van der Waals surface area contributed by atoms with Crippen molar-refractivity contribution < 1.29 is 9.90 Å². The predicted octanol–water partition coefficient (Wildman–Crippen LogP) is 2.07. The van der Waals surface area contributed by atoms with Crippen LogP contribution in [0.4, 0.5) is 5.69 Å². The molecule has 5 heteroatoms. The van der Waals surface area contributed by atoms with Gasteiger partial charge < -0.3 is 15.4 Å². The van der Waals surface area contributed by atoms with E-state index in [9.17, 15) is 9.90 Å². The van der Waals surface area contributed by atoms with Crippen LogP contribution in [0.3, 0.4) is 0 Å². The molecule has 2 rings (SSSR count). The largest absolute Gasteiger partial charge is 0.478 e. The molecule has 2 heterocycles. The molecule has 17 heavy (non-hydrogen) atoms. The summed E-state index contributed by atoms with van der Waals surface area (Å²) in [7, 11) is 0. The molecule has 0 aliphatic rings. The Kier molecular flexibility index (Phi) is 2.34. The van der Waals surface area contributed by atoms with Crippen molar-refractivity contribution in [1.29, 1.82) is 0 Å². The first-order chi connectivity index (χ1) is 7.80. The number of nitrogen functional groups attached to an aromatic ring is 1. The van der Waals surface area contributed by atoms with Gasteiger partial charge in [-0.25, -0.2) is 9.78 Å². The van der Waals surface area contributed by atoms with E-state index < -0.39 is 5.97 Å². The summed E-state index contributed by atoms with van der Waals surface area (Å²) in [4.78, 5) is 15.4. The zero-order valence-corrected chi connectivity index (χ0v) is 10.1. The number of hydrogen-bond donors (Lipinski definition) is 2. The van der Waals surface area contributed by atoms with Crippen LogP contribution < -0.4 is 5.73 Å². The first-order valence-corrected chi connectivity index (χ1v) is 5.31. The summed E-state index contributed by atoms with van der Waals surface area (Å²) < 4.78 is 1.85. The molecule has 0 bridgehead atoms. The number of fused-ring (bicyclic) bond motifs is 1. The molecule has 0 aliphatic carbocycles. The third-order valence-electron chi connectivity index (χ3n) is 2.62. The average Bonchev–Trinajstić information content (AvgIpc) is 2.55. The highest BCUT2D eigenvalue weighted by molar-refractivity contribution is 6.03. The van der Waals surface area contributed by atoms with E-state index in [4.69, 9.17) is 5.73 Å². The van der Waals surface area contributed by atoms with Gasteiger partial charge in [0, 0.05) is 17.1 Å². The van der Waals surface area contributed by atoms with Crippen LogP contribution in [0.2, 0.25) is 0 Å². The summed E-state index contributed by atoms with van der Waals surface area (Å²) in [5, 5.41) is 9.75. The highest BCUT2D eigenvalue weighted by Gasteiger charge is 2.22. The van der Waals surface area contributed by atoms with E-state index >= 15 is 0 Å². The number of carboxylic acids is 1. The van der Waals surface area contributed by atoms with Crippen LogP contribution in [0.15, 0.2) is 18.5 Å². The molecule has 3 N–H and O–H groups in total. The summed E-state index contributed by atoms with van der Waals surface area (Å²) in [5.74, 6) is -0.967. The summed E-state index contributed by atoms with van der Waals surface area (Å²) in [6.45, 7) is 5.99. The minimum atomic E-state index is -0.967. The van der Waals surface area contributed by atoms with Gasteiger partial charge >= 0.3 is 5.97 Å². The Bertz CT molecular complexity index is 594. The standard InChI is InChI=1S/C12H15N3O2/c1-12(2,3)15-6-9(11(16)17)8-4-7(13)5-14-10(8)15/h4-6H,13H2,1-3H3,(H,16,17). The number of anilines is 1. The van der Waals surface area contributed by atoms with Gasteiger partial charge in [0.15, 0.2) is 0 Å². The van der Waals surface area contributed by atoms with Crippen molar-refractivity contribution in [2.75, 3.05) is 5.73 Å². The van der Waals surface area contributed by atoms with E-state index in [-0.39, 0.29) is 11.1 Å². The van der Waals surface area contributed by atoms with Crippen LogP contribution in [0.1, 0.15) is 31.1 Å². The fourth-order valence-corrected chi connectivity index (χ4v) is 1.81. The molecule has 0 aromatic carbocycles. The minimum Gasteiger partial charge on any atom is -0.478 e. The topological polar surface area (TPSA) is 81.1 Å². The number of carbonyl (C=O) groups is 1. The fourth-order valence-electron chi connectivity index (χ4n) is 1.81. The molecule has 0 unspecified atom stereocenters. The van der Waals surface area contributed by atoms with Crippen molar-refractivity contribution in [2.24, 2.45) is 0 Å². The predicted molar refractivity (Wildman–Crippen MR) is 66.1 cm³/mol. The molecule has 90 valence electrons. The molecular weight excluding hydrogens is 218 g/mol. The second-order valence-electron chi connectivity index (χ2n) is 5.03. The fraction of sp³-hybridized carbons (Fsp3) is 0.333. The summed E-state index contributed by atoms with van der Waals surface area (Å²) >= 11 is 0. The van der Waals surface area contributed by atoms with Gasteiger partial charge in [0.05, 0.1) is 17.4 Å². The number of hydrogen-bond acceptors (Lipinski definition) is 3. The zero-order valence-electron chi connectivity index (χ0n) is 10.1. The van der Waals surface area contributed by atoms with E-state index in [1.807, 2.05) is 25.3 Å². The van der Waals surface area contributed by atoms with Crippen molar-refractivity contribution in [2.45, 2.75) is 26.3 Å². The Morgan fingerprint density at radius 2 is 2.12 bits per heavy atom. The second kappa shape index (κ2) is 3.48. The molecule has 0 fully saturated rings. The quantitative estimate of drug-likeness (QED) is 0.790. The SMILES string of the molecule is CC(C)(C)n1cc(C(=O)O)c2cc(N)cnc21. The number of aromatic nitrogens is 2. The summed E-state index contributed by atoms with van der Waals surface area (Å²) in [6, 6.07) is 1.65. The monoisotopic (exact) mass is 233 g/mol. The lowest BCUT2D eigenvalue weighted by Gasteiger charge is -2.21. The molecule has 0 amide bonds. The average molecular weight is 233 g/mol. The zero-order chi connectivity index (χ0) is 12.8. The molecular formula is C12H15N3O2. The molecule has 0 saturated carbocycles. The molecule has 2 aromatic rings. The molecule has 2 aromatic heterocycles. The van der Waals surface area contributed by atoms with Crippen LogP contribution in [-0.2, 0) is 5.54 Å². The van der Waals surface area contributed by atoms with Gasteiger partial charge in [-0.15, -0.1) is 0 Å². The van der Waals surface area contributed by atoms with Crippen LogP contribution in [0.25, 0.3) is 11.0 Å². The highest BCUT2D eigenvalue weighted by atomic mass is 16.4. The lowest BCUT2D eigenvalue weighted by atomic mass is 10.1. The van der Waals surface area contributed by atoms with Crippen molar-refractivity contribution >= 4 is 22.7 Å². The van der Waals surface area contributed by atoms with E-state index in [2.05, 4.69) is 4.98 Å². The minimum absolute atomic E-state index is 0.227. The first-order valence-electron chi connectivity index (χ1n) is 5.31. The maximum Gasteiger partial charge on any atom is 0.337 e. The smallest absolute Gasteiger partial charge is 0.337 e. The number of aromatic carboxylic acids is 1.